The molecule has 1 saturated heterocycles. The van der Waals surface area contributed by atoms with Crippen molar-refractivity contribution in [2.45, 2.75) is 6.92 Å². The third kappa shape index (κ3) is 2.83. The molecule has 5 heteroatoms. The smallest absolute Gasteiger partial charge is 0.272 e. The van der Waals surface area contributed by atoms with E-state index < -0.39 is 0 Å². The van der Waals surface area contributed by atoms with Gasteiger partial charge in [-0.25, -0.2) is 4.98 Å². The van der Waals surface area contributed by atoms with Crippen LogP contribution in [0, 0.1) is 0 Å². The van der Waals surface area contributed by atoms with Gasteiger partial charge in [0.15, 0.2) is 0 Å². The van der Waals surface area contributed by atoms with Crippen LogP contribution in [0.25, 0.3) is 5.69 Å². The second-order valence-electron chi connectivity index (χ2n) is 5.21. The SMILES string of the molecule is CCN1CCN(C(=O)c2cncn2-c2ccccc2)CC1. The first-order valence-corrected chi connectivity index (χ1v) is 7.39. The van der Waals surface area contributed by atoms with Crippen LogP contribution in [0.1, 0.15) is 17.4 Å². The van der Waals surface area contributed by atoms with E-state index >= 15 is 0 Å². The molecule has 0 aliphatic carbocycles. The summed E-state index contributed by atoms with van der Waals surface area (Å²) >= 11 is 0. The maximum Gasteiger partial charge on any atom is 0.272 e. The summed E-state index contributed by atoms with van der Waals surface area (Å²) in [6, 6.07) is 9.85. The Labute approximate surface area is 124 Å². The van der Waals surface area contributed by atoms with Crippen LogP contribution in [0.4, 0.5) is 0 Å². The van der Waals surface area contributed by atoms with Crippen molar-refractivity contribution in [2.75, 3.05) is 32.7 Å². The summed E-state index contributed by atoms with van der Waals surface area (Å²) in [4.78, 5) is 21.1. The van der Waals surface area contributed by atoms with Crippen LogP contribution in [0.15, 0.2) is 42.9 Å². The highest BCUT2D eigenvalue weighted by atomic mass is 16.2. The van der Waals surface area contributed by atoms with Crippen molar-refractivity contribution in [2.24, 2.45) is 0 Å². The molecule has 3 rings (SSSR count). The van der Waals surface area contributed by atoms with Crippen molar-refractivity contribution in [3.63, 3.8) is 0 Å². The van der Waals surface area contributed by atoms with Gasteiger partial charge < -0.3 is 9.80 Å². The van der Waals surface area contributed by atoms with E-state index in [9.17, 15) is 4.79 Å². The topological polar surface area (TPSA) is 41.4 Å². The van der Waals surface area contributed by atoms with Gasteiger partial charge in [0.05, 0.1) is 12.5 Å². The first-order valence-electron chi connectivity index (χ1n) is 7.39. The Morgan fingerprint density at radius 2 is 1.86 bits per heavy atom. The maximum absolute atomic E-state index is 12.7. The molecule has 0 unspecified atom stereocenters. The standard InChI is InChI=1S/C16H20N4O/c1-2-18-8-10-19(11-9-18)16(21)15-12-17-13-20(15)14-6-4-3-5-7-14/h3-7,12-13H,2,8-11H2,1H3. The molecule has 0 atom stereocenters. The van der Waals surface area contributed by atoms with Crippen molar-refractivity contribution in [1.29, 1.82) is 0 Å². The number of rotatable bonds is 3. The number of imidazole rings is 1. The van der Waals surface area contributed by atoms with E-state index in [1.807, 2.05) is 39.8 Å². The summed E-state index contributed by atoms with van der Waals surface area (Å²) in [5.74, 6) is 0.0621. The number of nitrogens with zero attached hydrogens (tertiary/aromatic N) is 4. The summed E-state index contributed by atoms with van der Waals surface area (Å²) in [5, 5.41) is 0. The van der Waals surface area contributed by atoms with E-state index in [1.165, 1.54) is 0 Å². The van der Waals surface area contributed by atoms with Gasteiger partial charge in [-0.2, -0.15) is 0 Å². The van der Waals surface area contributed by atoms with Gasteiger partial charge in [0.2, 0.25) is 0 Å². The number of hydrogen-bond donors (Lipinski definition) is 0. The molecule has 21 heavy (non-hydrogen) atoms. The number of amides is 1. The van der Waals surface area contributed by atoms with E-state index in [1.54, 1.807) is 12.5 Å². The number of benzene rings is 1. The highest BCUT2D eigenvalue weighted by molar-refractivity contribution is 5.93. The fourth-order valence-electron chi connectivity index (χ4n) is 2.68. The lowest BCUT2D eigenvalue weighted by atomic mass is 10.2. The molecular weight excluding hydrogens is 264 g/mol. The van der Waals surface area contributed by atoms with Crippen LogP contribution in [0.5, 0.6) is 0 Å². The zero-order valence-electron chi connectivity index (χ0n) is 12.3. The first kappa shape index (κ1) is 13.8. The molecule has 2 heterocycles. The summed E-state index contributed by atoms with van der Waals surface area (Å²) in [7, 11) is 0. The summed E-state index contributed by atoms with van der Waals surface area (Å²) in [6.45, 7) is 6.66. The molecular formula is C16H20N4O. The zero-order valence-corrected chi connectivity index (χ0v) is 12.3. The molecule has 110 valence electrons. The molecule has 0 N–H and O–H groups in total. The first-order chi connectivity index (χ1) is 10.3. The molecule has 1 aromatic carbocycles. The van der Waals surface area contributed by atoms with Gasteiger partial charge >= 0.3 is 0 Å². The van der Waals surface area contributed by atoms with Crippen LogP contribution < -0.4 is 0 Å². The highest BCUT2D eigenvalue weighted by Crippen LogP contribution is 2.14. The molecule has 1 aliphatic heterocycles. The molecule has 5 nitrogen and oxygen atoms in total. The second kappa shape index (κ2) is 6.10. The largest absolute Gasteiger partial charge is 0.335 e. The van der Waals surface area contributed by atoms with Gasteiger partial charge in [0.1, 0.15) is 5.69 Å². The number of aromatic nitrogens is 2. The van der Waals surface area contributed by atoms with Crippen LogP contribution in [0.3, 0.4) is 0 Å². The van der Waals surface area contributed by atoms with E-state index in [4.69, 9.17) is 0 Å². The number of para-hydroxylation sites is 1. The van der Waals surface area contributed by atoms with Crippen molar-refractivity contribution in [1.82, 2.24) is 19.4 Å². The Morgan fingerprint density at radius 3 is 2.52 bits per heavy atom. The molecule has 1 aromatic heterocycles. The average molecular weight is 284 g/mol. The monoisotopic (exact) mass is 284 g/mol. The fourth-order valence-corrected chi connectivity index (χ4v) is 2.68. The summed E-state index contributed by atoms with van der Waals surface area (Å²) < 4.78 is 1.86. The van der Waals surface area contributed by atoms with Gasteiger partial charge in [0, 0.05) is 31.9 Å². The number of carbonyl (C=O) groups excluding carboxylic acids is 1. The predicted molar refractivity (Wildman–Crippen MR) is 81.6 cm³/mol. The lowest BCUT2D eigenvalue weighted by Crippen LogP contribution is -2.48. The van der Waals surface area contributed by atoms with E-state index in [0.717, 1.165) is 38.4 Å². The quantitative estimate of drug-likeness (QED) is 0.860. The molecule has 0 saturated carbocycles. The van der Waals surface area contributed by atoms with Gasteiger partial charge in [0.25, 0.3) is 5.91 Å². The number of piperazine rings is 1. The maximum atomic E-state index is 12.7. The minimum Gasteiger partial charge on any atom is -0.335 e. The van der Waals surface area contributed by atoms with Crippen LogP contribution >= 0.6 is 0 Å². The highest BCUT2D eigenvalue weighted by Gasteiger charge is 2.23. The fraction of sp³-hybridized carbons (Fsp3) is 0.375. The average Bonchev–Trinajstić information content (AvgIpc) is 3.04. The number of hydrogen-bond acceptors (Lipinski definition) is 3. The molecule has 1 aliphatic rings. The lowest BCUT2D eigenvalue weighted by molar-refractivity contribution is 0.0635. The summed E-state index contributed by atoms with van der Waals surface area (Å²) in [5.41, 5.74) is 1.59. The van der Waals surface area contributed by atoms with Crippen molar-refractivity contribution < 1.29 is 4.79 Å². The van der Waals surface area contributed by atoms with Crippen LogP contribution in [0.2, 0.25) is 0 Å². The van der Waals surface area contributed by atoms with E-state index in [-0.39, 0.29) is 5.91 Å². The van der Waals surface area contributed by atoms with Crippen LogP contribution in [-0.2, 0) is 0 Å². The van der Waals surface area contributed by atoms with Gasteiger partial charge in [-0.15, -0.1) is 0 Å². The number of carbonyl (C=O) groups is 1. The second-order valence-corrected chi connectivity index (χ2v) is 5.21. The molecule has 0 bridgehead atoms. The molecule has 0 spiro atoms. The van der Waals surface area contributed by atoms with Crippen LogP contribution in [-0.4, -0.2) is 58.0 Å². The predicted octanol–water partition coefficient (Wildman–Crippen LogP) is 1.65. The molecule has 0 radical (unpaired) electrons. The van der Waals surface area contributed by atoms with E-state index in [0.29, 0.717) is 5.69 Å². The Hall–Kier alpha value is -2.14. The van der Waals surface area contributed by atoms with Gasteiger partial charge in [-0.1, -0.05) is 25.1 Å². The van der Waals surface area contributed by atoms with Crippen molar-refractivity contribution >= 4 is 5.91 Å². The zero-order chi connectivity index (χ0) is 14.7. The number of likely N-dealkylation sites (N-methyl/N-ethyl adjacent to an activating group) is 1. The van der Waals surface area contributed by atoms with E-state index in [2.05, 4.69) is 16.8 Å². The minimum absolute atomic E-state index is 0.0621. The Bertz CT molecular complexity index is 600. The Kier molecular flexibility index (Phi) is 4.01. The third-order valence-corrected chi connectivity index (χ3v) is 4.00. The Balaban J connectivity index is 1.79. The van der Waals surface area contributed by atoms with Gasteiger partial charge in [-0.3, -0.25) is 9.36 Å². The third-order valence-electron chi connectivity index (χ3n) is 4.00. The van der Waals surface area contributed by atoms with Gasteiger partial charge in [-0.05, 0) is 18.7 Å². The van der Waals surface area contributed by atoms with Crippen molar-refractivity contribution in [3.05, 3.63) is 48.5 Å². The molecule has 2 aromatic rings. The minimum atomic E-state index is 0.0621. The van der Waals surface area contributed by atoms with Crippen molar-refractivity contribution in [3.8, 4) is 5.69 Å². The lowest BCUT2D eigenvalue weighted by Gasteiger charge is -2.34. The molecule has 1 fully saturated rings. The Morgan fingerprint density at radius 1 is 1.14 bits per heavy atom. The normalized spacial score (nSPS) is 16.1. The summed E-state index contributed by atoms with van der Waals surface area (Å²) in [6.07, 6.45) is 3.35. The molecule has 1 amide bonds.